The summed E-state index contributed by atoms with van der Waals surface area (Å²) in [5.41, 5.74) is 12.0. The van der Waals surface area contributed by atoms with E-state index < -0.39 is 145 Å². The maximum absolute atomic E-state index is 14.3. The average molecular weight is 986 g/mol. The van der Waals surface area contributed by atoms with Crippen molar-refractivity contribution in [1.82, 2.24) is 47.2 Å². The van der Waals surface area contributed by atoms with E-state index in [1.807, 2.05) is 0 Å². The minimum absolute atomic E-state index is 0.0576. The van der Waals surface area contributed by atoms with Crippen molar-refractivity contribution in [2.24, 2.45) is 29.2 Å². The molecule has 0 aliphatic carbocycles. The number of aliphatic carboxylic acids is 2. The van der Waals surface area contributed by atoms with Gasteiger partial charge >= 0.3 is 11.9 Å². The third-order valence-corrected chi connectivity index (χ3v) is 11.6. The van der Waals surface area contributed by atoms with Crippen LogP contribution in [0.3, 0.4) is 0 Å². The van der Waals surface area contributed by atoms with Crippen LogP contribution in [0.4, 0.5) is 0 Å². The number of amides is 8. The van der Waals surface area contributed by atoms with Gasteiger partial charge in [-0.05, 0) is 42.6 Å². The lowest BCUT2D eigenvalue weighted by molar-refractivity contribution is -0.142. The molecule has 24 heteroatoms. The minimum Gasteiger partial charge on any atom is -0.481 e. The number of carbonyl (C=O) groups excluding carboxylic acids is 8. The van der Waals surface area contributed by atoms with Crippen LogP contribution in [0.2, 0.25) is 0 Å². The molecular weight excluding hydrogens is 915 g/mol. The first-order valence-electron chi connectivity index (χ1n) is 23.2. The summed E-state index contributed by atoms with van der Waals surface area (Å²) in [6, 6.07) is -3.01. The summed E-state index contributed by atoms with van der Waals surface area (Å²) < 4.78 is 0. The van der Waals surface area contributed by atoms with E-state index in [4.69, 9.17) is 11.5 Å². The molecule has 0 saturated heterocycles. The largest absolute Gasteiger partial charge is 0.481 e. The first-order chi connectivity index (χ1) is 33.0. The van der Waals surface area contributed by atoms with E-state index in [9.17, 15) is 63.3 Å². The van der Waals surface area contributed by atoms with Crippen molar-refractivity contribution in [2.45, 2.75) is 148 Å². The van der Waals surface area contributed by atoms with E-state index in [2.05, 4.69) is 47.2 Å². The standard InChI is InChI=1S/C46H71N11O13/c1-7-25(5)37(57-45(68)38(26(6)8-2)56-39(62)29(47)22-58)44(67)52-30(14-16-35(48)59)40(63)53-32(19-27-12-10-9-11-13-27)42(65)51-31(15-17-36(60)61)41(64)54-33(20-28-21-49-23-50-28)43(66)55-34(46(69)70)18-24(3)4/h9-13,21,23-26,29-34,37-38,58H,7-8,14-20,22,47H2,1-6H3,(H2,48,59)(H,49,50)(H,51,65)(H,52,67)(H,53,63)(H,54,64)(H,55,66)(H,56,62)(H,57,68)(H,60,61)(H,69,70)/t25-,26-,29-,30-,31-,32-,33-,34-,37-,38-/m0/s1. The second-order valence-corrected chi connectivity index (χ2v) is 17.7. The number of rotatable bonds is 32. The van der Waals surface area contributed by atoms with Crippen molar-refractivity contribution >= 4 is 59.2 Å². The van der Waals surface area contributed by atoms with Crippen molar-refractivity contribution in [1.29, 1.82) is 0 Å². The molecule has 0 fully saturated rings. The van der Waals surface area contributed by atoms with Crippen molar-refractivity contribution < 1.29 is 63.3 Å². The molecule has 0 saturated carbocycles. The average Bonchev–Trinajstić information content (AvgIpc) is 3.83. The van der Waals surface area contributed by atoms with Crippen LogP contribution in [0.15, 0.2) is 42.9 Å². The predicted octanol–water partition coefficient (Wildman–Crippen LogP) is -1.74. The molecule has 2 rings (SSSR count). The molecule has 24 nitrogen and oxygen atoms in total. The van der Waals surface area contributed by atoms with Gasteiger partial charge in [0.1, 0.15) is 48.3 Å². The highest BCUT2D eigenvalue weighted by molar-refractivity contribution is 5.98. The SMILES string of the molecule is CC[C@H](C)[C@H](NC(=O)[C@@H](NC(=O)[C@@H](N)CO)[C@@H](C)CC)C(=O)N[C@@H](CCC(N)=O)C(=O)N[C@@H](Cc1ccccc1)C(=O)N[C@@H](CCC(=O)O)C(=O)N[C@@H](Cc1cnc[nH]1)C(=O)N[C@@H](CC(C)C)C(=O)O. The fourth-order valence-electron chi connectivity index (χ4n) is 7.01. The van der Waals surface area contributed by atoms with E-state index >= 15 is 0 Å². The Morgan fingerprint density at radius 2 is 1.07 bits per heavy atom. The Balaban J connectivity index is 2.52. The number of aromatic amines is 1. The molecule has 0 aliphatic heterocycles. The highest BCUT2D eigenvalue weighted by Crippen LogP contribution is 2.15. The Bertz CT molecular complexity index is 2070. The number of carbonyl (C=O) groups is 10. The quantitative estimate of drug-likeness (QED) is 0.0387. The summed E-state index contributed by atoms with van der Waals surface area (Å²) in [5, 5.41) is 46.5. The number of nitrogens with one attached hydrogen (secondary N) is 8. The zero-order valence-electron chi connectivity index (χ0n) is 40.5. The molecule has 1 heterocycles. The molecular formula is C46H71N11O13. The summed E-state index contributed by atoms with van der Waals surface area (Å²) in [6.07, 6.45) is 1.15. The fourth-order valence-corrected chi connectivity index (χ4v) is 7.01. The Morgan fingerprint density at radius 1 is 0.614 bits per heavy atom. The van der Waals surface area contributed by atoms with Gasteiger partial charge in [0, 0.05) is 37.6 Å². The zero-order valence-corrected chi connectivity index (χ0v) is 40.5. The van der Waals surface area contributed by atoms with Crippen LogP contribution in [-0.4, -0.2) is 139 Å². The summed E-state index contributed by atoms with van der Waals surface area (Å²) in [5.74, 6) is -11.0. The Kier molecular flexibility index (Phi) is 25.2. The van der Waals surface area contributed by atoms with Crippen LogP contribution >= 0.6 is 0 Å². The second kappa shape index (κ2) is 29.8. The molecule has 0 unspecified atom stereocenters. The van der Waals surface area contributed by atoms with Gasteiger partial charge in [0.2, 0.25) is 47.3 Å². The van der Waals surface area contributed by atoms with Gasteiger partial charge < -0.3 is 69.0 Å². The first-order valence-corrected chi connectivity index (χ1v) is 23.2. The first kappa shape index (κ1) is 59.2. The molecule has 0 spiro atoms. The fraction of sp³-hybridized carbons (Fsp3) is 0.587. The number of benzene rings is 1. The number of hydrogen-bond acceptors (Lipinski definition) is 13. The van der Waals surface area contributed by atoms with Crippen LogP contribution < -0.4 is 48.7 Å². The lowest BCUT2D eigenvalue weighted by Gasteiger charge is -2.30. The normalized spacial score (nSPS) is 15.4. The molecule has 388 valence electrons. The summed E-state index contributed by atoms with van der Waals surface area (Å²) in [6.45, 7) is 9.69. The summed E-state index contributed by atoms with van der Waals surface area (Å²) >= 11 is 0. The smallest absolute Gasteiger partial charge is 0.326 e. The van der Waals surface area contributed by atoms with Gasteiger partial charge in [-0.1, -0.05) is 84.7 Å². The molecule has 0 bridgehead atoms. The highest BCUT2D eigenvalue weighted by atomic mass is 16.4. The van der Waals surface area contributed by atoms with Crippen LogP contribution in [0.25, 0.3) is 0 Å². The molecule has 10 atom stereocenters. The van der Waals surface area contributed by atoms with Crippen molar-refractivity contribution in [3.8, 4) is 0 Å². The van der Waals surface area contributed by atoms with Crippen molar-refractivity contribution in [3.63, 3.8) is 0 Å². The van der Waals surface area contributed by atoms with Crippen LogP contribution in [0.1, 0.15) is 97.7 Å². The molecule has 70 heavy (non-hydrogen) atoms. The maximum Gasteiger partial charge on any atom is 0.326 e. The van der Waals surface area contributed by atoms with Crippen LogP contribution in [0, 0.1) is 17.8 Å². The summed E-state index contributed by atoms with van der Waals surface area (Å²) in [7, 11) is 0. The Hall–Kier alpha value is -6.95. The Morgan fingerprint density at radius 3 is 1.53 bits per heavy atom. The van der Waals surface area contributed by atoms with Crippen LogP contribution in [-0.2, 0) is 60.8 Å². The number of hydrogen-bond donors (Lipinski definition) is 13. The molecule has 1 aromatic carbocycles. The molecule has 2 aromatic rings. The van der Waals surface area contributed by atoms with Crippen molar-refractivity contribution in [3.05, 3.63) is 54.1 Å². The number of carboxylic acid groups (broad SMARTS) is 2. The van der Waals surface area contributed by atoms with Gasteiger partial charge in [-0.15, -0.1) is 0 Å². The lowest BCUT2D eigenvalue weighted by atomic mass is 9.94. The zero-order chi connectivity index (χ0) is 52.7. The van der Waals surface area contributed by atoms with Gasteiger partial charge in [0.15, 0.2) is 0 Å². The third kappa shape index (κ3) is 20.3. The molecule has 8 amide bonds. The van der Waals surface area contributed by atoms with Gasteiger partial charge in [0.25, 0.3) is 0 Å². The number of aliphatic hydroxyl groups is 1. The topological polar surface area (TPSA) is 396 Å². The molecule has 0 radical (unpaired) electrons. The van der Waals surface area contributed by atoms with E-state index in [-0.39, 0.29) is 31.6 Å². The predicted molar refractivity (Wildman–Crippen MR) is 252 cm³/mol. The Labute approximate surface area is 406 Å². The van der Waals surface area contributed by atoms with Crippen LogP contribution in [0.5, 0.6) is 0 Å². The molecule has 0 aliphatic rings. The van der Waals surface area contributed by atoms with Crippen molar-refractivity contribution in [2.75, 3.05) is 6.61 Å². The summed E-state index contributed by atoms with van der Waals surface area (Å²) in [4.78, 5) is 139. The van der Waals surface area contributed by atoms with Gasteiger partial charge in [-0.25, -0.2) is 9.78 Å². The number of imidazole rings is 1. The van der Waals surface area contributed by atoms with E-state index in [1.165, 1.54) is 12.5 Å². The number of nitrogens with zero attached hydrogens (tertiary/aromatic N) is 1. The maximum atomic E-state index is 14.3. The third-order valence-electron chi connectivity index (χ3n) is 11.6. The molecule has 1 aromatic heterocycles. The van der Waals surface area contributed by atoms with E-state index in [0.717, 1.165) is 0 Å². The van der Waals surface area contributed by atoms with Gasteiger partial charge in [-0.2, -0.15) is 0 Å². The van der Waals surface area contributed by atoms with Gasteiger partial charge in [0.05, 0.1) is 12.9 Å². The number of aliphatic hydroxyl groups excluding tert-OH is 1. The van der Waals surface area contributed by atoms with E-state index in [0.29, 0.717) is 24.1 Å². The second-order valence-electron chi connectivity index (χ2n) is 17.7. The van der Waals surface area contributed by atoms with E-state index in [1.54, 1.807) is 71.9 Å². The monoisotopic (exact) mass is 986 g/mol. The number of carboxylic acids is 2. The lowest BCUT2D eigenvalue weighted by Crippen LogP contribution is -2.62. The van der Waals surface area contributed by atoms with Gasteiger partial charge in [-0.3, -0.25) is 43.2 Å². The highest BCUT2D eigenvalue weighted by Gasteiger charge is 2.37. The number of aromatic nitrogens is 2. The minimum atomic E-state index is -1.64. The molecule has 15 N–H and O–H groups in total. The number of nitrogens with two attached hydrogens (primary N) is 2. The number of H-pyrrole nitrogens is 1. The number of primary amides is 1.